The van der Waals surface area contributed by atoms with Gasteiger partial charge in [0.2, 0.25) is 5.91 Å². The summed E-state index contributed by atoms with van der Waals surface area (Å²) in [4.78, 5) is 33.2. The van der Waals surface area contributed by atoms with Crippen LogP contribution in [-0.2, 0) is 11.2 Å². The standard InChI is InChI=1S/C23H23N3O3/c27-19-14-25(13-11-17-6-2-1-3-7-17)21(28)16-26(15-19)23(29)22-20-9-5-4-8-18(20)10-12-24-22/h1-10,12,19,27H,11,13-16H2. The first-order chi connectivity index (χ1) is 14.1. The normalized spacial score (nSPS) is 17.4. The summed E-state index contributed by atoms with van der Waals surface area (Å²) in [5, 5.41) is 12.1. The van der Waals surface area contributed by atoms with Crippen LogP contribution in [0.4, 0.5) is 0 Å². The topological polar surface area (TPSA) is 73.7 Å². The van der Waals surface area contributed by atoms with E-state index in [0.717, 1.165) is 16.3 Å². The first-order valence-corrected chi connectivity index (χ1v) is 9.74. The molecule has 2 amide bonds. The first-order valence-electron chi connectivity index (χ1n) is 9.74. The summed E-state index contributed by atoms with van der Waals surface area (Å²) in [5.74, 6) is -0.495. The van der Waals surface area contributed by atoms with Crippen molar-refractivity contribution in [3.63, 3.8) is 0 Å². The molecule has 1 saturated heterocycles. The summed E-state index contributed by atoms with van der Waals surface area (Å²) in [6, 6.07) is 19.3. The Morgan fingerprint density at radius 1 is 1.03 bits per heavy atom. The van der Waals surface area contributed by atoms with Crippen LogP contribution in [0.25, 0.3) is 10.8 Å². The highest BCUT2D eigenvalue weighted by Gasteiger charge is 2.30. The van der Waals surface area contributed by atoms with Crippen molar-refractivity contribution in [3.05, 3.63) is 78.1 Å². The molecule has 1 aromatic heterocycles. The SMILES string of the molecule is O=C1CN(C(=O)c2nccc3ccccc23)CC(O)CN1CCc1ccccc1. The molecule has 3 aromatic rings. The number of β-amino-alcohol motifs (C(OH)–C–C–N with tert-alkyl or cyclic N) is 1. The fourth-order valence-corrected chi connectivity index (χ4v) is 3.72. The largest absolute Gasteiger partial charge is 0.389 e. The fourth-order valence-electron chi connectivity index (χ4n) is 3.72. The molecule has 6 heteroatoms. The van der Waals surface area contributed by atoms with E-state index in [9.17, 15) is 14.7 Å². The predicted octanol–water partition coefficient (Wildman–Crippen LogP) is 2.12. The van der Waals surface area contributed by atoms with E-state index in [1.165, 1.54) is 4.90 Å². The Balaban J connectivity index is 1.50. The predicted molar refractivity (Wildman–Crippen MR) is 110 cm³/mol. The van der Waals surface area contributed by atoms with Gasteiger partial charge in [0.05, 0.1) is 6.10 Å². The van der Waals surface area contributed by atoms with Gasteiger partial charge >= 0.3 is 0 Å². The van der Waals surface area contributed by atoms with Gasteiger partial charge in [-0.1, -0.05) is 54.6 Å². The maximum atomic E-state index is 13.1. The molecule has 0 spiro atoms. The van der Waals surface area contributed by atoms with Gasteiger partial charge in [-0.3, -0.25) is 14.6 Å². The third kappa shape index (κ3) is 4.27. The van der Waals surface area contributed by atoms with Crippen LogP contribution in [0.3, 0.4) is 0 Å². The summed E-state index contributed by atoms with van der Waals surface area (Å²) >= 11 is 0. The Kier molecular flexibility index (Phi) is 5.53. The number of aliphatic hydroxyl groups is 1. The molecule has 4 rings (SSSR count). The average Bonchev–Trinajstić information content (AvgIpc) is 2.90. The molecule has 0 aliphatic carbocycles. The summed E-state index contributed by atoms with van der Waals surface area (Å²) in [6.45, 7) is 0.778. The van der Waals surface area contributed by atoms with Crippen molar-refractivity contribution in [1.29, 1.82) is 0 Å². The number of fused-ring (bicyclic) bond motifs is 1. The van der Waals surface area contributed by atoms with Gasteiger partial charge < -0.3 is 14.9 Å². The van der Waals surface area contributed by atoms with Crippen LogP contribution in [0.1, 0.15) is 16.1 Å². The second-order valence-corrected chi connectivity index (χ2v) is 7.30. The van der Waals surface area contributed by atoms with Gasteiger partial charge in [-0.25, -0.2) is 0 Å². The molecule has 1 aliphatic rings. The lowest BCUT2D eigenvalue weighted by molar-refractivity contribution is -0.131. The highest BCUT2D eigenvalue weighted by Crippen LogP contribution is 2.19. The maximum absolute atomic E-state index is 13.1. The van der Waals surface area contributed by atoms with Gasteiger partial charge in [0.15, 0.2) is 0 Å². The van der Waals surface area contributed by atoms with Crippen molar-refractivity contribution in [2.45, 2.75) is 12.5 Å². The molecule has 0 saturated carbocycles. The smallest absolute Gasteiger partial charge is 0.273 e. The molecular weight excluding hydrogens is 366 g/mol. The second kappa shape index (κ2) is 8.41. The van der Waals surface area contributed by atoms with Gasteiger partial charge in [0.25, 0.3) is 5.91 Å². The second-order valence-electron chi connectivity index (χ2n) is 7.30. The lowest BCUT2D eigenvalue weighted by Crippen LogP contribution is -2.40. The number of hydrogen-bond donors (Lipinski definition) is 1. The van der Waals surface area contributed by atoms with Crippen LogP contribution in [0.2, 0.25) is 0 Å². The van der Waals surface area contributed by atoms with Crippen molar-refractivity contribution >= 4 is 22.6 Å². The molecule has 6 nitrogen and oxygen atoms in total. The Morgan fingerprint density at radius 3 is 2.62 bits per heavy atom. The van der Waals surface area contributed by atoms with Gasteiger partial charge in [0, 0.05) is 31.2 Å². The van der Waals surface area contributed by atoms with E-state index in [1.807, 2.05) is 60.7 Å². The molecule has 2 aromatic carbocycles. The molecule has 1 fully saturated rings. The molecule has 0 radical (unpaired) electrons. The van der Waals surface area contributed by atoms with Crippen molar-refractivity contribution in [3.8, 4) is 0 Å². The first kappa shape index (κ1) is 19.1. The zero-order chi connectivity index (χ0) is 20.2. The van der Waals surface area contributed by atoms with E-state index in [1.54, 1.807) is 11.1 Å². The fraction of sp³-hybridized carbons (Fsp3) is 0.261. The molecular formula is C23H23N3O3. The van der Waals surface area contributed by atoms with Gasteiger partial charge in [0.1, 0.15) is 12.2 Å². The number of aliphatic hydroxyl groups excluding tert-OH is 1. The number of hydrogen-bond acceptors (Lipinski definition) is 4. The van der Waals surface area contributed by atoms with Gasteiger partial charge in [-0.15, -0.1) is 0 Å². The van der Waals surface area contributed by atoms with Gasteiger partial charge in [-0.05, 0) is 23.4 Å². The zero-order valence-corrected chi connectivity index (χ0v) is 16.1. The number of pyridine rings is 1. The minimum Gasteiger partial charge on any atom is -0.389 e. The van der Waals surface area contributed by atoms with Crippen molar-refractivity contribution in [2.24, 2.45) is 0 Å². The number of nitrogens with zero attached hydrogens (tertiary/aromatic N) is 3. The summed E-state index contributed by atoms with van der Waals surface area (Å²) in [5.41, 5.74) is 1.44. The van der Waals surface area contributed by atoms with E-state index < -0.39 is 6.10 Å². The Morgan fingerprint density at radius 2 is 1.79 bits per heavy atom. The molecule has 148 valence electrons. The molecule has 1 N–H and O–H groups in total. The van der Waals surface area contributed by atoms with Crippen molar-refractivity contribution in [1.82, 2.24) is 14.8 Å². The highest BCUT2D eigenvalue weighted by molar-refractivity contribution is 6.06. The summed E-state index contributed by atoms with van der Waals surface area (Å²) in [7, 11) is 0. The number of amides is 2. The number of rotatable bonds is 4. The van der Waals surface area contributed by atoms with E-state index in [4.69, 9.17) is 0 Å². The quantitative estimate of drug-likeness (QED) is 0.742. The van der Waals surface area contributed by atoms with Crippen LogP contribution in [0, 0.1) is 0 Å². The van der Waals surface area contributed by atoms with Crippen LogP contribution in [0.5, 0.6) is 0 Å². The number of benzene rings is 2. The molecule has 2 heterocycles. The van der Waals surface area contributed by atoms with Gasteiger partial charge in [-0.2, -0.15) is 0 Å². The minimum absolute atomic E-state index is 0.0599. The third-order valence-electron chi connectivity index (χ3n) is 5.22. The van der Waals surface area contributed by atoms with E-state index in [2.05, 4.69) is 4.98 Å². The Labute approximate surface area is 169 Å². The van der Waals surface area contributed by atoms with Crippen LogP contribution < -0.4 is 0 Å². The zero-order valence-electron chi connectivity index (χ0n) is 16.1. The molecule has 1 aliphatic heterocycles. The van der Waals surface area contributed by atoms with E-state index >= 15 is 0 Å². The molecule has 1 unspecified atom stereocenters. The summed E-state index contributed by atoms with van der Waals surface area (Å²) in [6.07, 6.45) is 1.51. The molecule has 29 heavy (non-hydrogen) atoms. The monoisotopic (exact) mass is 389 g/mol. The highest BCUT2D eigenvalue weighted by atomic mass is 16.3. The Bertz CT molecular complexity index is 1020. The lowest BCUT2D eigenvalue weighted by atomic mass is 10.1. The third-order valence-corrected chi connectivity index (χ3v) is 5.22. The van der Waals surface area contributed by atoms with E-state index in [0.29, 0.717) is 18.7 Å². The number of carbonyl (C=O) groups excluding carboxylic acids is 2. The van der Waals surface area contributed by atoms with Crippen LogP contribution in [-0.4, -0.2) is 64.0 Å². The average molecular weight is 389 g/mol. The van der Waals surface area contributed by atoms with Crippen LogP contribution in [0.15, 0.2) is 66.9 Å². The van der Waals surface area contributed by atoms with E-state index in [-0.39, 0.29) is 31.4 Å². The van der Waals surface area contributed by atoms with Crippen molar-refractivity contribution in [2.75, 3.05) is 26.2 Å². The number of aromatic nitrogens is 1. The molecule has 1 atom stereocenters. The molecule has 0 bridgehead atoms. The minimum atomic E-state index is -0.795. The lowest BCUT2D eigenvalue weighted by Gasteiger charge is -2.22. The summed E-state index contributed by atoms with van der Waals surface area (Å²) < 4.78 is 0. The maximum Gasteiger partial charge on any atom is 0.273 e. The van der Waals surface area contributed by atoms with Crippen LogP contribution >= 0.6 is 0 Å². The Hall–Kier alpha value is -3.25. The number of carbonyl (C=O) groups is 2. The van der Waals surface area contributed by atoms with Crippen molar-refractivity contribution < 1.29 is 14.7 Å².